The van der Waals surface area contributed by atoms with E-state index in [-0.39, 0.29) is 6.09 Å². The lowest BCUT2D eigenvalue weighted by molar-refractivity contribution is 0.126. The lowest BCUT2D eigenvalue weighted by atomic mass is 10.1. The monoisotopic (exact) mass is 467 g/mol. The predicted molar refractivity (Wildman–Crippen MR) is 123 cm³/mol. The largest absolute Gasteiger partial charge is 0.448 e. The van der Waals surface area contributed by atoms with Gasteiger partial charge in [0.2, 0.25) is 10.0 Å². The quantitative estimate of drug-likeness (QED) is 0.423. The van der Waals surface area contributed by atoms with E-state index in [0.29, 0.717) is 37.7 Å². The van der Waals surface area contributed by atoms with Gasteiger partial charge in [0.1, 0.15) is 6.61 Å². The first-order valence-electron chi connectivity index (χ1n) is 11.9. The molecule has 0 atom stereocenters. The molecule has 2 aliphatic heterocycles. The molecule has 8 nitrogen and oxygen atoms in total. The van der Waals surface area contributed by atoms with Gasteiger partial charge in [-0.2, -0.15) is 4.31 Å². The number of ether oxygens (including phenoxy) is 2. The van der Waals surface area contributed by atoms with Crippen LogP contribution in [0.4, 0.5) is 4.79 Å². The number of aryl methyl sites for hydroxylation is 1. The fraction of sp³-hybridized carbons (Fsp3) is 0.696. The zero-order valence-electron chi connectivity index (χ0n) is 19.0. The number of cyclic esters (lactones) is 1. The molecule has 0 bridgehead atoms. The fourth-order valence-electron chi connectivity index (χ4n) is 4.02. The van der Waals surface area contributed by atoms with E-state index in [2.05, 4.69) is 5.32 Å². The number of carbonyl (C=O) groups is 1. The molecule has 2 saturated heterocycles. The number of carbonyl (C=O) groups excluding carboxylic acids is 1. The Labute approximate surface area is 192 Å². The van der Waals surface area contributed by atoms with Gasteiger partial charge in [0.25, 0.3) is 0 Å². The van der Waals surface area contributed by atoms with E-state index in [1.165, 1.54) is 0 Å². The zero-order valence-corrected chi connectivity index (χ0v) is 19.8. The van der Waals surface area contributed by atoms with Gasteiger partial charge in [-0.1, -0.05) is 25.0 Å². The maximum atomic E-state index is 12.8. The number of sulfonamides is 1. The van der Waals surface area contributed by atoms with Crippen LogP contribution < -0.4 is 5.32 Å². The standard InChI is InChI=1S/C23H37N3O5S/c27-23-25(16-19-31-23)13-4-1-2-5-17-30-18-6-3-8-21-9-7-10-22(20-21)32(28,29)26-14-11-24-12-15-26/h7,9-10,20,24H,1-6,8,11-19H2. The molecule has 2 fully saturated rings. The van der Waals surface area contributed by atoms with Crippen molar-refractivity contribution in [1.82, 2.24) is 14.5 Å². The first-order valence-corrected chi connectivity index (χ1v) is 13.3. The summed E-state index contributed by atoms with van der Waals surface area (Å²) in [6.07, 6.45) is 6.87. The molecule has 9 heteroatoms. The Balaban J connectivity index is 1.23. The average molecular weight is 468 g/mol. The van der Waals surface area contributed by atoms with Gasteiger partial charge in [-0.3, -0.25) is 0 Å². The van der Waals surface area contributed by atoms with Crippen molar-refractivity contribution >= 4 is 16.1 Å². The predicted octanol–water partition coefficient (Wildman–Crippen LogP) is 2.63. The second-order valence-electron chi connectivity index (χ2n) is 8.39. The lowest BCUT2D eigenvalue weighted by Gasteiger charge is -2.26. The molecule has 1 aromatic carbocycles. The SMILES string of the molecule is O=C1OCCN1CCCCCCOCCCCc1cccc(S(=O)(=O)N2CCNCC2)c1. The van der Waals surface area contributed by atoms with E-state index in [1.54, 1.807) is 15.3 Å². The van der Waals surface area contributed by atoms with Gasteiger partial charge in [0.05, 0.1) is 11.4 Å². The number of benzene rings is 1. The van der Waals surface area contributed by atoms with Crippen molar-refractivity contribution in [3.05, 3.63) is 29.8 Å². The van der Waals surface area contributed by atoms with Crippen molar-refractivity contribution in [3.63, 3.8) is 0 Å². The Morgan fingerprint density at radius 1 is 0.969 bits per heavy atom. The van der Waals surface area contributed by atoms with Crippen LogP contribution in [0.2, 0.25) is 0 Å². The molecule has 0 radical (unpaired) electrons. The third kappa shape index (κ3) is 7.72. The second-order valence-corrected chi connectivity index (χ2v) is 10.3. The van der Waals surface area contributed by atoms with Crippen molar-refractivity contribution in [2.75, 3.05) is 59.1 Å². The molecule has 1 N–H and O–H groups in total. The first-order chi connectivity index (χ1) is 15.6. The van der Waals surface area contributed by atoms with Crippen molar-refractivity contribution in [2.24, 2.45) is 0 Å². The van der Waals surface area contributed by atoms with Crippen LogP contribution >= 0.6 is 0 Å². The summed E-state index contributed by atoms with van der Waals surface area (Å²) in [6, 6.07) is 7.36. The second kappa shape index (κ2) is 13.1. The van der Waals surface area contributed by atoms with Crippen LogP contribution in [-0.4, -0.2) is 82.8 Å². The molecule has 0 aromatic heterocycles. The zero-order chi connectivity index (χ0) is 22.7. The van der Waals surface area contributed by atoms with Gasteiger partial charge in [-0.15, -0.1) is 0 Å². The highest BCUT2D eigenvalue weighted by molar-refractivity contribution is 7.89. The number of nitrogens with one attached hydrogen (secondary N) is 1. The Hall–Kier alpha value is -1.68. The molecule has 0 spiro atoms. The van der Waals surface area contributed by atoms with Gasteiger partial charge in [-0.05, 0) is 49.8 Å². The maximum Gasteiger partial charge on any atom is 0.409 e. The van der Waals surface area contributed by atoms with Crippen molar-refractivity contribution < 1.29 is 22.7 Å². The molecule has 2 heterocycles. The molecular formula is C23H37N3O5S. The minimum absolute atomic E-state index is 0.179. The third-order valence-corrected chi connectivity index (χ3v) is 7.82. The van der Waals surface area contributed by atoms with E-state index < -0.39 is 10.0 Å². The van der Waals surface area contributed by atoms with Crippen LogP contribution in [0, 0.1) is 0 Å². The first kappa shape index (κ1) is 25.0. The Bertz CT molecular complexity index is 812. The topological polar surface area (TPSA) is 88.2 Å². The van der Waals surface area contributed by atoms with Crippen LogP contribution in [0.25, 0.3) is 0 Å². The van der Waals surface area contributed by atoms with Gasteiger partial charge in [-0.25, -0.2) is 13.2 Å². The molecule has 0 saturated carbocycles. The minimum Gasteiger partial charge on any atom is -0.448 e. The van der Waals surface area contributed by atoms with E-state index >= 15 is 0 Å². The van der Waals surface area contributed by atoms with E-state index in [0.717, 1.165) is 76.8 Å². The van der Waals surface area contributed by atoms with E-state index in [4.69, 9.17) is 9.47 Å². The highest BCUT2D eigenvalue weighted by Gasteiger charge is 2.25. The molecule has 0 aliphatic carbocycles. The summed E-state index contributed by atoms with van der Waals surface area (Å²) in [5.74, 6) is 0. The average Bonchev–Trinajstić information content (AvgIpc) is 3.22. The van der Waals surface area contributed by atoms with Gasteiger partial charge in [0.15, 0.2) is 0 Å². The van der Waals surface area contributed by atoms with Crippen LogP contribution in [0.1, 0.15) is 44.1 Å². The smallest absolute Gasteiger partial charge is 0.409 e. The van der Waals surface area contributed by atoms with Crippen molar-refractivity contribution in [2.45, 2.75) is 49.8 Å². The molecular weight excluding hydrogens is 430 g/mol. The fourth-order valence-corrected chi connectivity index (χ4v) is 5.53. The molecule has 1 amide bonds. The molecule has 180 valence electrons. The number of rotatable bonds is 14. The summed E-state index contributed by atoms with van der Waals surface area (Å²) >= 11 is 0. The summed E-state index contributed by atoms with van der Waals surface area (Å²) in [6.45, 7) is 5.99. The summed E-state index contributed by atoms with van der Waals surface area (Å²) in [5.41, 5.74) is 1.06. The maximum absolute atomic E-state index is 12.8. The van der Waals surface area contributed by atoms with Crippen LogP contribution in [0.15, 0.2) is 29.2 Å². The normalized spacial score (nSPS) is 17.6. The summed E-state index contributed by atoms with van der Waals surface area (Å²) in [7, 11) is -3.40. The number of unbranched alkanes of at least 4 members (excludes halogenated alkanes) is 4. The summed E-state index contributed by atoms with van der Waals surface area (Å²) < 4.78 is 37.9. The van der Waals surface area contributed by atoms with Crippen molar-refractivity contribution in [3.8, 4) is 0 Å². The summed E-state index contributed by atoms with van der Waals surface area (Å²) in [5, 5.41) is 3.19. The number of nitrogens with zero attached hydrogens (tertiary/aromatic N) is 2. The highest BCUT2D eigenvalue weighted by Crippen LogP contribution is 2.18. The molecule has 3 rings (SSSR count). The Kier molecular flexibility index (Phi) is 10.2. The van der Waals surface area contributed by atoms with Crippen molar-refractivity contribution in [1.29, 1.82) is 0 Å². The highest BCUT2D eigenvalue weighted by atomic mass is 32.2. The molecule has 0 unspecified atom stereocenters. The van der Waals surface area contributed by atoms with E-state index in [9.17, 15) is 13.2 Å². The number of hydrogen-bond donors (Lipinski definition) is 1. The Morgan fingerprint density at radius 3 is 2.47 bits per heavy atom. The van der Waals surface area contributed by atoms with Gasteiger partial charge >= 0.3 is 6.09 Å². The van der Waals surface area contributed by atoms with E-state index in [1.807, 2.05) is 18.2 Å². The summed E-state index contributed by atoms with van der Waals surface area (Å²) in [4.78, 5) is 13.5. The molecule has 1 aromatic rings. The molecule has 2 aliphatic rings. The lowest BCUT2D eigenvalue weighted by Crippen LogP contribution is -2.46. The van der Waals surface area contributed by atoms with Crippen LogP contribution in [0.5, 0.6) is 0 Å². The number of piperazine rings is 1. The Morgan fingerprint density at radius 2 is 1.72 bits per heavy atom. The van der Waals surface area contributed by atoms with Gasteiger partial charge < -0.3 is 19.7 Å². The third-order valence-electron chi connectivity index (χ3n) is 5.93. The minimum atomic E-state index is -3.40. The van der Waals surface area contributed by atoms with Crippen LogP contribution in [0.3, 0.4) is 0 Å². The van der Waals surface area contributed by atoms with Gasteiger partial charge in [0, 0.05) is 45.9 Å². The number of amides is 1. The molecule has 32 heavy (non-hydrogen) atoms. The number of hydrogen-bond acceptors (Lipinski definition) is 6. The van der Waals surface area contributed by atoms with Crippen LogP contribution in [-0.2, 0) is 25.9 Å².